The van der Waals surface area contributed by atoms with Gasteiger partial charge in [-0.2, -0.15) is 0 Å². The Morgan fingerprint density at radius 2 is 1.86 bits per heavy atom. The van der Waals surface area contributed by atoms with Gasteiger partial charge >= 0.3 is 6.09 Å². The second-order valence-corrected chi connectivity index (χ2v) is 11.1. The normalized spacial score (nSPS) is 18.3. The van der Waals surface area contributed by atoms with Gasteiger partial charge in [0.25, 0.3) is 5.92 Å². The fourth-order valence-electron chi connectivity index (χ4n) is 6.66. The molecule has 0 radical (unpaired) electrons. The molecule has 2 aliphatic rings. The Labute approximate surface area is 241 Å². The molecule has 0 bridgehead atoms. The van der Waals surface area contributed by atoms with Crippen molar-refractivity contribution in [1.29, 1.82) is 0 Å². The lowest BCUT2D eigenvalue weighted by Crippen LogP contribution is -2.49. The number of H-pyrrole nitrogens is 1. The molecule has 1 aliphatic carbocycles. The molecule has 1 saturated heterocycles. The Hall–Kier alpha value is -4.31. The highest BCUT2D eigenvalue weighted by atomic mass is 19.3. The molecule has 1 aliphatic heterocycles. The van der Waals surface area contributed by atoms with Crippen molar-refractivity contribution in [2.75, 3.05) is 32.8 Å². The van der Waals surface area contributed by atoms with Crippen LogP contribution >= 0.6 is 0 Å². The van der Waals surface area contributed by atoms with Crippen molar-refractivity contribution in [3.63, 3.8) is 0 Å². The lowest BCUT2D eigenvalue weighted by atomic mass is 9.98. The Bertz CT molecular complexity index is 1730. The van der Waals surface area contributed by atoms with Crippen molar-refractivity contribution in [2.24, 2.45) is 0 Å². The van der Waals surface area contributed by atoms with E-state index in [4.69, 9.17) is 9.72 Å². The molecule has 2 aromatic carbocycles. The van der Waals surface area contributed by atoms with E-state index in [9.17, 15) is 4.79 Å². The summed E-state index contributed by atoms with van der Waals surface area (Å²) >= 11 is 0. The molecule has 1 amide bonds. The number of likely N-dealkylation sites (tertiary alicyclic amines) is 1. The third kappa shape index (κ3) is 4.50. The second-order valence-electron chi connectivity index (χ2n) is 11.1. The number of benzene rings is 2. The van der Waals surface area contributed by atoms with Crippen molar-refractivity contribution in [1.82, 2.24) is 29.7 Å². The molecule has 3 aromatic heterocycles. The topological polar surface area (TPSA) is 88.1 Å². The lowest BCUT2D eigenvalue weighted by molar-refractivity contribution is -0.102. The number of aromatic nitrogens is 4. The smallest absolute Gasteiger partial charge is 0.407 e. The molecule has 5 aromatic rings. The molecule has 42 heavy (non-hydrogen) atoms. The van der Waals surface area contributed by atoms with Crippen LogP contribution in [0, 0.1) is 0 Å². The molecule has 10 heteroatoms. The SMILES string of the molecule is CCN1CCC(n2c(CCNC(=O)OCC3c4ccccc4-c4ccccc43)nc3cnc4[nH]ccc4c32)C(F)(F)C1. The van der Waals surface area contributed by atoms with E-state index in [1.165, 1.54) is 0 Å². The number of nitrogens with zero attached hydrogens (tertiary/aromatic N) is 4. The summed E-state index contributed by atoms with van der Waals surface area (Å²) < 4.78 is 38.6. The summed E-state index contributed by atoms with van der Waals surface area (Å²) in [6, 6.07) is 17.1. The fraction of sp³-hybridized carbons (Fsp3) is 0.344. The number of nitrogens with one attached hydrogen (secondary N) is 2. The van der Waals surface area contributed by atoms with Gasteiger partial charge in [0.1, 0.15) is 29.6 Å². The van der Waals surface area contributed by atoms with Crippen molar-refractivity contribution in [2.45, 2.75) is 37.6 Å². The summed E-state index contributed by atoms with van der Waals surface area (Å²) in [5.41, 5.74) is 6.43. The maximum Gasteiger partial charge on any atom is 0.407 e. The van der Waals surface area contributed by atoms with Gasteiger partial charge in [0.05, 0.1) is 18.3 Å². The number of aromatic amines is 1. The highest BCUT2D eigenvalue weighted by Crippen LogP contribution is 2.44. The van der Waals surface area contributed by atoms with E-state index in [-0.39, 0.29) is 32.0 Å². The van der Waals surface area contributed by atoms with Crippen LogP contribution in [0.3, 0.4) is 0 Å². The predicted molar refractivity (Wildman–Crippen MR) is 157 cm³/mol. The number of carbonyl (C=O) groups excluding carboxylic acids is 1. The first-order valence-electron chi connectivity index (χ1n) is 14.5. The first kappa shape index (κ1) is 26.6. The van der Waals surface area contributed by atoms with Crippen molar-refractivity contribution in [3.8, 4) is 11.1 Å². The maximum atomic E-state index is 15.6. The summed E-state index contributed by atoms with van der Waals surface area (Å²) in [6.07, 6.45) is 3.40. The number of halogens is 2. The largest absolute Gasteiger partial charge is 0.449 e. The van der Waals surface area contributed by atoms with Crippen LogP contribution in [0.25, 0.3) is 33.2 Å². The number of fused-ring (bicyclic) bond motifs is 6. The summed E-state index contributed by atoms with van der Waals surface area (Å²) in [6.45, 7) is 3.16. The van der Waals surface area contributed by atoms with Crippen LogP contribution in [0.4, 0.5) is 13.6 Å². The monoisotopic (exact) mass is 570 g/mol. The standard InChI is InChI=1S/C32H32F2N6O2/c1-2-39-16-13-27(32(33,34)19-39)40-28(38-26-17-37-30-24(29(26)40)11-14-35-30)12-15-36-31(41)42-18-25-22-9-5-3-7-20(22)21-8-4-6-10-23(21)25/h3-11,14,17,25,27H,2,12-13,15-16,18-19H2,1H3,(H,35,37)(H,36,41). The molecule has 0 spiro atoms. The number of alkyl carbamates (subject to hydrolysis) is 1. The summed E-state index contributed by atoms with van der Waals surface area (Å²) in [5.74, 6) is -2.49. The van der Waals surface area contributed by atoms with E-state index >= 15 is 8.78 Å². The molecule has 4 heterocycles. The second kappa shape index (κ2) is 10.5. The predicted octanol–water partition coefficient (Wildman–Crippen LogP) is 5.90. The van der Waals surface area contributed by atoms with Crippen molar-refractivity contribution >= 4 is 28.2 Å². The summed E-state index contributed by atoms with van der Waals surface area (Å²) in [7, 11) is 0. The minimum absolute atomic E-state index is 0.0418. The van der Waals surface area contributed by atoms with Crippen LogP contribution in [0.15, 0.2) is 67.0 Å². The highest BCUT2D eigenvalue weighted by molar-refractivity contribution is 6.01. The average Bonchev–Trinajstić information content (AvgIpc) is 3.69. The zero-order valence-corrected chi connectivity index (χ0v) is 23.3. The molecule has 1 atom stereocenters. The van der Waals surface area contributed by atoms with Gasteiger partial charge in [0.2, 0.25) is 0 Å². The van der Waals surface area contributed by atoms with Crippen molar-refractivity contribution in [3.05, 3.63) is 83.9 Å². The average molecular weight is 571 g/mol. The van der Waals surface area contributed by atoms with Crippen LogP contribution in [-0.2, 0) is 11.2 Å². The molecule has 1 unspecified atom stereocenters. The lowest BCUT2D eigenvalue weighted by Gasteiger charge is -2.39. The van der Waals surface area contributed by atoms with Crippen molar-refractivity contribution < 1.29 is 18.3 Å². The van der Waals surface area contributed by atoms with Gasteiger partial charge < -0.3 is 19.6 Å². The first-order valence-corrected chi connectivity index (χ1v) is 14.5. The fourth-order valence-corrected chi connectivity index (χ4v) is 6.66. The molecular formula is C32H32F2N6O2. The van der Waals surface area contributed by atoms with E-state index in [1.54, 1.807) is 21.9 Å². The van der Waals surface area contributed by atoms with Gasteiger partial charge in [0, 0.05) is 37.0 Å². The quantitative estimate of drug-likeness (QED) is 0.255. The third-order valence-electron chi connectivity index (χ3n) is 8.67. The maximum absolute atomic E-state index is 15.6. The Morgan fingerprint density at radius 3 is 2.57 bits per heavy atom. The van der Waals surface area contributed by atoms with Gasteiger partial charge in [-0.3, -0.25) is 4.90 Å². The number of amides is 1. The summed E-state index contributed by atoms with van der Waals surface area (Å²) in [5, 5.41) is 3.57. The van der Waals surface area contributed by atoms with E-state index < -0.39 is 18.1 Å². The first-order chi connectivity index (χ1) is 20.4. The number of alkyl halides is 2. The number of carbonyl (C=O) groups is 1. The molecular weight excluding hydrogens is 538 g/mol. The number of pyridine rings is 1. The zero-order valence-electron chi connectivity index (χ0n) is 23.3. The molecule has 0 saturated carbocycles. The minimum atomic E-state index is -2.94. The van der Waals surface area contributed by atoms with E-state index in [0.29, 0.717) is 42.0 Å². The number of ether oxygens (including phenoxy) is 1. The molecule has 216 valence electrons. The molecule has 7 rings (SSSR count). The molecule has 1 fully saturated rings. The molecule has 8 nitrogen and oxygen atoms in total. The Kier molecular flexibility index (Phi) is 6.65. The summed E-state index contributed by atoms with van der Waals surface area (Å²) in [4.78, 5) is 26.8. The highest BCUT2D eigenvalue weighted by Gasteiger charge is 2.46. The van der Waals surface area contributed by atoms with E-state index in [2.05, 4.69) is 39.6 Å². The number of hydrogen-bond acceptors (Lipinski definition) is 5. The zero-order chi connectivity index (χ0) is 28.8. The minimum Gasteiger partial charge on any atom is -0.449 e. The van der Waals surface area contributed by atoms with E-state index in [0.717, 1.165) is 27.6 Å². The van der Waals surface area contributed by atoms with Gasteiger partial charge in [-0.25, -0.2) is 23.5 Å². The van der Waals surface area contributed by atoms with Crippen LogP contribution in [-0.4, -0.2) is 69.2 Å². The van der Waals surface area contributed by atoms with Gasteiger partial charge in [0.15, 0.2) is 0 Å². The van der Waals surface area contributed by atoms with Crippen LogP contribution in [0.5, 0.6) is 0 Å². The van der Waals surface area contributed by atoms with Gasteiger partial charge in [-0.15, -0.1) is 0 Å². The third-order valence-corrected chi connectivity index (χ3v) is 8.67. The van der Waals surface area contributed by atoms with Crippen LogP contribution in [0.1, 0.15) is 42.3 Å². The number of hydrogen-bond donors (Lipinski definition) is 2. The van der Waals surface area contributed by atoms with Crippen LogP contribution in [0.2, 0.25) is 0 Å². The Balaban J connectivity index is 1.09. The number of rotatable bonds is 7. The Morgan fingerprint density at radius 1 is 1.12 bits per heavy atom. The number of imidazole rings is 1. The van der Waals surface area contributed by atoms with E-state index in [1.807, 2.05) is 37.3 Å². The van der Waals surface area contributed by atoms with Gasteiger partial charge in [-0.1, -0.05) is 55.5 Å². The number of piperidine rings is 1. The van der Waals surface area contributed by atoms with Crippen LogP contribution < -0.4 is 5.32 Å². The van der Waals surface area contributed by atoms with Gasteiger partial charge in [-0.05, 0) is 41.3 Å². The molecule has 2 N–H and O–H groups in total.